The molecule has 0 amide bonds. The molecule has 0 N–H and O–H groups in total. The average molecular weight is 172 g/mol. The van der Waals surface area contributed by atoms with E-state index in [0.29, 0.717) is 0 Å². The smallest absolute Gasteiger partial charge is 0.463 e. The second-order valence-corrected chi connectivity index (χ2v) is 1.63. The molecule has 0 bridgehead atoms. The highest BCUT2D eigenvalue weighted by atomic mass is 19.4. The van der Waals surface area contributed by atoms with Gasteiger partial charge < -0.3 is 4.74 Å². The van der Waals surface area contributed by atoms with Crippen LogP contribution in [0.5, 0.6) is 0 Å². The van der Waals surface area contributed by atoms with Gasteiger partial charge in [0.25, 0.3) is 0 Å². The molecule has 0 unspecified atom stereocenters. The summed E-state index contributed by atoms with van der Waals surface area (Å²) in [4.78, 5) is 10.0. The van der Waals surface area contributed by atoms with Crippen LogP contribution in [0.2, 0.25) is 0 Å². The van der Waals surface area contributed by atoms with Crippen molar-refractivity contribution in [3.8, 4) is 0 Å². The van der Waals surface area contributed by atoms with Crippen LogP contribution in [-0.2, 0) is 14.3 Å². The van der Waals surface area contributed by atoms with Crippen LogP contribution in [0.1, 0.15) is 6.92 Å². The summed E-state index contributed by atoms with van der Waals surface area (Å²) >= 11 is 0. The summed E-state index contributed by atoms with van der Waals surface area (Å²) in [7, 11) is 0. The first-order chi connectivity index (χ1) is 4.92. The second-order valence-electron chi connectivity index (χ2n) is 1.63. The van der Waals surface area contributed by atoms with E-state index in [1.54, 1.807) is 0 Å². The molecule has 6 heteroatoms. The minimum absolute atomic E-state index is 0.380. The molecular weight excluding hydrogens is 165 g/mol. The van der Waals surface area contributed by atoms with Crippen molar-refractivity contribution in [2.24, 2.45) is 0 Å². The number of esters is 1. The van der Waals surface area contributed by atoms with E-state index in [1.165, 1.54) is 0 Å². The van der Waals surface area contributed by atoms with Gasteiger partial charge in [0.05, 0.1) is 6.61 Å². The normalized spacial score (nSPS) is 11.3. The van der Waals surface area contributed by atoms with Crippen LogP contribution in [-0.4, -0.2) is 25.5 Å². The first-order valence-electron chi connectivity index (χ1n) is 2.76. The van der Waals surface area contributed by atoms with E-state index in [2.05, 4.69) is 9.47 Å². The van der Waals surface area contributed by atoms with Gasteiger partial charge >= 0.3 is 12.3 Å². The summed E-state index contributed by atoms with van der Waals surface area (Å²) in [5.74, 6) is -0.629. The third kappa shape index (κ3) is 9.22. The maximum atomic E-state index is 11.2. The zero-order valence-corrected chi connectivity index (χ0v) is 5.77. The Kier molecular flexibility index (Phi) is 3.88. The van der Waals surface area contributed by atoms with E-state index in [9.17, 15) is 18.0 Å². The van der Waals surface area contributed by atoms with Crippen molar-refractivity contribution in [3.05, 3.63) is 0 Å². The van der Waals surface area contributed by atoms with Gasteiger partial charge in [-0.1, -0.05) is 0 Å². The maximum absolute atomic E-state index is 11.2. The largest absolute Gasteiger partial charge is 0.522 e. The number of carbonyl (C=O) groups excluding carboxylic acids is 1. The summed E-state index contributed by atoms with van der Waals surface area (Å²) in [5.41, 5.74) is 0. The quantitative estimate of drug-likeness (QED) is 0.472. The van der Waals surface area contributed by atoms with Crippen molar-refractivity contribution in [1.29, 1.82) is 0 Å². The Balaban J connectivity index is 3.22. The molecule has 0 fully saturated rings. The van der Waals surface area contributed by atoms with Crippen molar-refractivity contribution in [1.82, 2.24) is 0 Å². The third-order valence-electron chi connectivity index (χ3n) is 0.654. The van der Waals surface area contributed by atoms with Gasteiger partial charge in [0, 0.05) is 6.92 Å². The standard InChI is InChI=1S/C5H7F3O3/c1-4(9)10-2-3-11-5(6,7)8/h2-3H2,1H3. The molecule has 66 valence electrons. The van der Waals surface area contributed by atoms with Crippen LogP contribution in [0, 0.1) is 0 Å². The van der Waals surface area contributed by atoms with Crippen molar-refractivity contribution >= 4 is 5.97 Å². The Morgan fingerprint density at radius 3 is 2.27 bits per heavy atom. The van der Waals surface area contributed by atoms with Crippen LogP contribution in [0.15, 0.2) is 0 Å². The topological polar surface area (TPSA) is 35.5 Å². The van der Waals surface area contributed by atoms with E-state index in [1.807, 2.05) is 0 Å². The van der Waals surface area contributed by atoms with Gasteiger partial charge in [-0.25, -0.2) is 0 Å². The number of carbonyl (C=O) groups is 1. The number of rotatable bonds is 3. The second kappa shape index (κ2) is 4.17. The highest BCUT2D eigenvalue weighted by molar-refractivity contribution is 5.65. The first-order valence-corrected chi connectivity index (χ1v) is 2.76. The number of alkyl halides is 3. The molecule has 0 atom stereocenters. The van der Waals surface area contributed by atoms with Gasteiger partial charge in [-0.2, -0.15) is 0 Å². The molecule has 0 saturated heterocycles. The Morgan fingerprint density at radius 2 is 1.91 bits per heavy atom. The summed E-state index contributed by atoms with van der Waals surface area (Å²) < 4.78 is 41.1. The lowest BCUT2D eigenvalue weighted by Crippen LogP contribution is -2.17. The van der Waals surface area contributed by atoms with Crippen molar-refractivity contribution in [2.75, 3.05) is 13.2 Å². The molecule has 0 aromatic rings. The molecule has 0 saturated carbocycles. The number of hydrogen-bond acceptors (Lipinski definition) is 3. The predicted octanol–water partition coefficient (Wildman–Crippen LogP) is 1.09. The van der Waals surface area contributed by atoms with E-state index in [0.717, 1.165) is 6.92 Å². The Morgan fingerprint density at radius 1 is 1.36 bits per heavy atom. The molecule has 0 radical (unpaired) electrons. The van der Waals surface area contributed by atoms with Gasteiger partial charge in [-0.05, 0) is 0 Å². The molecule has 0 spiro atoms. The Labute approximate surface area is 61.1 Å². The summed E-state index contributed by atoms with van der Waals surface area (Å²) in [6, 6.07) is 0. The van der Waals surface area contributed by atoms with Crippen LogP contribution in [0.25, 0.3) is 0 Å². The monoisotopic (exact) mass is 172 g/mol. The molecule has 0 aliphatic rings. The lowest BCUT2D eigenvalue weighted by Gasteiger charge is -2.06. The summed E-state index contributed by atoms with van der Waals surface area (Å²) in [6.07, 6.45) is -4.65. The number of halogens is 3. The number of hydrogen-bond donors (Lipinski definition) is 0. The van der Waals surface area contributed by atoms with Crippen LogP contribution in [0.3, 0.4) is 0 Å². The Hall–Kier alpha value is -0.780. The van der Waals surface area contributed by atoms with Gasteiger partial charge in [0.15, 0.2) is 0 Å². The van der Waals surface area contributed by atoms with Gasteiger partial charge in [-0.3, -0.25) is 9.53 Å². The summed E-state index contributed by atoms with van der Waals surface area (Å²) in [5, 5.41) is 0. The van der Waals surface area contributed by atoms with Crippen molar-refractivity contribution in [2.45, 2.75) is 13.3 Å². The SMILES string of the molecule is CC(=O)OCCOC(F)(F)F. The minimum Gasteiger partial charge on any atom is -0.463 e. The Bertz CT molecular complexity index is 131. The lowest BCUT2D eigenvalue weighted by molar-refractivity contribution is -0.326. The predicted molar refractivity (Wildman–Crippen MR) is 28.6 cm³/mol. The lowest BCUT2D eigenvalue weighted by atomic mass is 10.7. The fourth-order valence-electron chi connectivity index (χ4n) is 0.343. The van der Waals surface area contributed by atoms with Gasteiger partial charge in [0.2, 0.25) is 0 Å². The molecule has 11 heavy (non-hydrogen) atoms. The molecule has 0 rings (SSSR count). The number of ether oxygens (including phenoxy) is 2. The average Bonchev–Trinajstić information content (AvgIpc) is 1.78. The van der Waals surface area contributed by atoms with E-state index in [-0.39, 0.29) is 6.61 Å². The molecule has 0 heterocycles. The van der Waals surface area contributed by atoms with Crippen molar-refractivity contribution in [3.63, 3.8) is 0 Å². The minimum atomic E-state index is -4.65. The zero-order chi connectivity index (χ0) is 8.91. The van der Waals surface area contributed by atoms with E-state index in [4.69, 9.17) is 0 Å². The molecule has 0 aliphatic heterocycles. The zero-order valence-electron chi connectivity index (χ0n) is 5.77. The molecule has 3 nitrogen and oxygen atoms in total. The van der Waals surface area contributed by atoms with Gasteiger partial charge in [0.1, 0.15) is 6.61 Å². The summed E-state index contributed by atoms with van der Waals surface area (Å²) in [6.45, 7) is 0.0610. The van der Waals surface area contributed by atoms with E-state index >= 15 is 0 Å². The molecule has 0 aromatic carbocycles. The highest BCUT2D eigenvalue weighted by Crippen LogP contribution is 2.15. The van der Waals surface area contributed by atoms with Crippen LogP contribution in [0.4, 0.5) is 13.2 Å². The van der Waals surface area contributed by atoms with E-state index < -0.39 is 18.9 Å². The van der Waals surface area contributed by atoms with Crippen LogP contribution >= 0.6 is 0 Å². The van der Waals surface area contributed by atoms with Gasteiger partial charge in [-0.15, -0.1) is 13.2 Å². The maximum Gasteiger partial charge on any atom is 0.522 e. The third-order valence-corrected chi connectivity index (χ3v) is 0.654. The molecular formula is C5H7F3O3. The van der Waals surface area contributed by atoms with Crippen molar-refractivity contribution < 1.29 is 27.4 Å². The molecule has 0 aromatic heterocycles. The highest BCUT2D eigenvalue weighted by Gasteiger charge is 2.28. The first kappa shape index (κ1) is 10.2. The fraction of sp³-hybridized carbons (Fsp3) is 0.800. The fourth-order valence-corrected chi connectivity index (χ4v) is 0.343. The van der Waals surface area contributed by atoms with Crippen LogP contribution < -0.4 is 0 Å². The molecule has 0 aliphatic carbocycles.